The first kappa shape index (κ1) is 12.3. The first-order valence-corrected chi connectivity index (χ1v) is 6.05. The van der Waals surface area contributed by atoms with Gasteiger partial charge in [0.1, 0.15) is 12.1 Å². The van der Waals surface area contributed by atoms with Crippen molar-refractivity contribution in [3.63, 3.8) is 0 Å². The normalized spacial score (nSPS) is 10.7. The maximum absolute atomic E-state index is 13.0. The predicted molar refractivity (Wildman–Crippen MR) is 72.8 cm³/mol. The number of nitrogens with zero attached hydrogens (tertiary/aromatic N) is 1. The van der Waals surface area contributed by atoms with E-state index in [2.05, 4.69) is 10.3 Å². The van der Waals surface area contributed by atoms with E-state index in [-0.39, 0.29) is 11.7 Å². The van der Waals surface area contributed by atoms with E-state index in [1.807, 2.05) is 0 Å². The van der Waals surface area contributed by atoms with Gasteiger partial charge in [-0.2, -0.15) is 0 Å². The molecule has 0 spiro atoms. The van der Waals surface area contributed by atoms with E-state index in [0.717, 1.165) is 11.1 Å². The molecule has 100 valence electrons. The lowest BCUT2D eigenvalue weighted by Crippen LogP contribution is -2.17. The summed E-state index contributed by atoms with van der Waals surface area (Å²) in [7, 11) is 1.55. The van der Waals surface area contributed by atoms with Crippen LogP contribution in [-0.4, -0.2) is 17.9 Å². The van der Waals surface area contributed by atoms with Crippen molar-refractivity contribution in [2.45, 2.75) is 0 Å². The molecule has 3 rings (SSSR count). The van der Waals surface area contributed by atoms with E-state index < -0.39 is 0 Å². The molecule has 20 heavy (non-hydrogen) atoms. The van der Waals surface area contributed by atoms with Gasteiger partial charge in [-0.05, 0) is 29.3 Å². The van der Waals surface area contributed by atoms with Crippen LogP contribution in [-0.2, 0) is 0 Å². The van der Waals surface area contributed by atoms with Crippen molar-refractivity contribution in [3.05, 3.63) is 54.2 Å². The highest BCUT2D eigenvalue weighted by molar-refractivity contribution is 6.10. The summed E-state index contributed by atoms with van der Waals surface area (Å²) >= 11 is 0. The fraction of sp³-hybridized carbons (Fsp3) is 0.0667. The number of aromatic nitrogens is 1. The van der Waals surface area contributed by atoms with Gasteiger partial charge in [-0.15, -0.1) is 0 Å². The molecule has 0 fully saturated rings. The molecular weight excluding hydrogens is 259 g/mol. The summed E-state index contributed by atoms with van der Waals surface area (Å²) in [4.78, 5) is 16.0. The average molecular weight is 270 g/mol. The van der Waals surface area contributed by atoms with Crippen LogP contribution in [0.2, 0.25) is 0 Å². The Hall–Kier alpha value is -2.69. The molecule has 4 nitrogen and oxygen atoms in total. The second kappa shape index (κ2) is 4.77. The third-order valence-electron chi connectivity index (χ3n) is 3.10. The number of rotatable bonds is 2. The van der Waals surface area contributed by atoms with Gasteiger partial charge in [-0.1, -0.05) is 12.1 Å². The lowest BCUT2D eigenvalue weighted by Gasteiger charge is -2.04. The largest absolute Gasteiger partial charge is 0.445 e. The standard InChI is InChI=1S/C15H11FN2O2/c1-17-14(19)12-8-20-15-13(12)11(6-7-18-15)9-2-4-10(16)5-3-9/h2-8H,1H3,(H,17,19). The van der Waals surface area contributed by atoms with Crippen molar-refractivity contribution in [3.8, 4) is 11.1 Å². The highest BCUT2D eigenvalue weighted by atomic mass is 19.1. The zero-order valence-electron chi connectivity index (χ0n) is 10.7. The topological polar surface area (TPSA) is 55.1 Å². The van der Waals surface area contributed by atoms with Gasteiger partial charge in [-0.3, -0.25) is 4.79 Å². The van der Waals surface area contributed by atoms with E-state index in [9.17, 15) is 9.18 Å². The SMILES string of the molecule is CNC(=O)c1coc2nccc(-c3ccc(F)cc3)c12. The number of hydrogen-bond donors (Lipinski definition) is 1. The molecule has 0 aliphatic heterocycles. The predicted octanol–water partition coefficient (Wildman–Crippen LogP) is 2.99. The Morgan fingerprint density at radius 3 is 2.70 bits per heavy atom. The molecule has 0 radical (unpaired) electrons. The molecule has 3 aromatic rings. The molecule has 0 aliphatic rings. The van der Waals surface area contributed by atoms with Gasteiger partial charge < -0.3 is 9.73 Å². The highest BCUT2D eigenvalue weighted by Crippen LogP contribution is 2.31. The minimum Gasteiger partial charge on any atom is -0.445 e. The summed E-state index contributed by atoms with van der Waals surface area (Å²) in [5, 5.41) is 3.18. The van der Waals surface area contributed by atoms with Gasteiger partial charge in [0.2, 0.25) is 5.71 Å². The lowest BCUT2D eigenvalue weighted by atomic mass is 10.0. The summed E-state index contributed by atoms with van der Waals surface area (Å²) in [6.07, 6.45) is 2.97. The average Bonchev–Trinajstić information content (AvgIpc) is 2.91. The van der Waals surface area contributed by atoms with Gasteiger partial charge in [-0.25, -0.2) is 9.37 Å². The first-order chi connectivity index (χ1) is 9.70. The third kappa shape index (κ3) is 1.93. The highest BCUT2D eigenvalue weighted by Gasteiger charge is 2.17. The zero-order valence-corrected chi connectivity index (χ0v) is 10.7. The van der Waals surface area contributed by atoms with Crippen molar-refractivity contribution >= 4 is 17.0 Å². The van der Waals surface area contributed by atoms with Crippen LogP contribution in [0.15, 0.2) is 47.2 Å². The van der Waals surface area contributed by atoms with Gasteiger partial charge in [0, 0.05) is 13.2 Å². The number of fused-ring (bicyclic) bond motifs is 1. The molecule has 2 heterocycles. The van der Waals surface area contributed by atoms with Crippen molar-refractivity contribution in [1.82, 2.24) is 10.3 Å². The quantitative estimate of drug-likeness (QED) is 0.778. The molecule has 0 aliphatic carbocycles. The Balaban J connectivity index is 2.27. The number of nitrogens with one attached hydrogen (secondary N) is 1. The minimum atomic E-state index is -0.308. The molecule has 5 heteroatoms. The van der Waals surface area contributed by atoms with E-state index >= 15 is 0 Å². The molecule has 0 saturated heterocycles. The minimum absolute atomic E-state index is 0.250. The van der Waals surface area contributed by atoms with Crippen molar-refractivity contribution < 1.29 is 13.6 Å². The number of furan rings is 1. The van der Waals surface area contributed by atoms with Crippen molar-refractivity contribution in [2.75, 3.05) is 7.05 Å². The number of carbonyl (C=O) groups is 1. The fourth-order valence-electron chi connectivity index (χ4n) is 2.14. The second-order valence-corrected chi connectivity index (χ2v) is 4.27. The van der Waals surface area contributed by atoms with Crippen LogP contribution in [0.3, 0.4) is 0 Å². The van der Waals surface area contributed by atoms with Gasteiger partial charge in [0.25, 0.3) is 5.91 Å². The Morgan fingerprint density at radius 1 is 1.25 bits per heavy atom. The number of benzene rings is 1. The molecule has 2 aromatic heterocycles. The first-order valence-electron chi connectivity index (χ1n) is 6.05. The van der Waals surface area contributed by atoms with Crippen LogP contribution < -0.4 is 5.32 Å². The summed E-state index contributed by atoms with van der Waals surface area (Å²) in [6, 6.07) is 7.84. The van der Waals surface area contributed by atoms with Gasteiger partial charge in [0.15, 0.2) is 0 Å². The van der Waals surface area contributed by atoms with Crippen LogP contribution >= 0.6 is 0 Å². The van der Waals surface area contributed by atoms with E-state index in [1.54, 1.807) is 31.4 Å². The Labute approximate surface area is 114 Å². The van der Waals surface area contributed by atoms with Crippen LogP contribution in [0, 0.1) is 5.82 Å². The van der Waals surface area contributed by atoms with Crippen molar-refractivity contribution in [2.24, 2.45) is 0 Å². The van der Waals surface area contributed by atoms with Crippen LogP contribution in [0.5, 0.6) is 0 Å². The van der Waals surface area contributed by atoms with E-state index in [4.69, 9.17) is 4.42 Å². The molecular formula is C15H11FN2O2. The molecule has 1 aromatic carbocycles. The zero-order chi connectivity index (χ0) is 14.1. The fourth-order valence-corrected chi connectivity index (χ4v) is 2.14. The molecule has 1 N–H and O–H groups in total. The number of pyridine rings is 1. The number of halogens is 1. The summed E-state index contributed by atoms with van der Waals surface area (Å²) < 4.78 is 18.3. The third-order valence-corrected chi connectivity index (χ3v) is 3.10. The van der Waals surface area contributed by atoms with Crippen molar-refractivity contribution in [1.29, 1.82) is 0 Å². The van der Waals surface area contributed by atoms with Gasteiger partial charge >= 0.3 is 0 Å². The number of carbonyl (C=O) groups excluding carboxylic acids is 1. The number of hydrogen-bond acceptors (Lipinski definition) is 3. The Kier molecular flexibility index (Phi) is 2.95. The molecule has 0 saturated carbocycles. The van der Waals surface area contributed by atoms with Crippen LogP contribution in [0.1, 0.15) is 10.4 Å². The Morgan fingerprint density at radius 2 is 2.00 bits per heavy atom. The van der Waals surface area contributed by atoms with E-state index in [0.29, 0.717) is 16.7 Å². The van der Waals surface area contributed by atoms with E-state index in [1.165, 1.54) is 18.4 Å². The molecule has 0 unspecified atom stereocenters. The molecule has 1 amide bonds. The number of amides is 1. The van der Waals surface area contributed by atoms with Gasteiger partial charge in [0.05, 0.1) is 10.9 Å². The van der Waals surface area contributed by atoms with Crippen LogP contribution in [0.4, 0.5) is 4.39 Å². The molecule has 0 atom stereocenters. The lowest BCUT2D eigenvalue weighted by molar-refractivity contribution is 0.0964. The van der Waals surface area contributed by atoms with Crippen LogP contribution in [0.25, 0.3) is 22.2 Å². The smallest absolute Gasteiger partial charge is 0.255 e. The maximum atomic E-state index is 13.0. The second-order valence-electron chi connectivity index (χ2n) is 4.27. The monoisotopic (exact) mass is 270 g/mol. The Bertz CT molecular complexity index is 778. The summed E-state index contributed by atoms with van der Waals surface area (Å²) in [5.41, 5.74) is 2.37. The molecule has 0 bridgehead atoms. The summed E-state index contributed by atoms with van der Waals surface area (Å²) in [6.45, 7) is 0. The maximum Gasteiger partial charge on any atom is 0.255 e. The summed E-state index contributed by atoms with van der Waals surface area (Å²) in [5.74, 6) is -0.558.